The van der Waals surface area contributed by atoms with Crippen molar-refractivity contribution in [3.8, 4) is 0 Å². The van der Waals surface area contributed by atoms with Crippen LogP contribution in [-0.2, 0) is 27.8 Å². The number of nitrogens with one attached hydrogen (secondary N) is 2. The van der Waals surface area contributed by atoms with Gasteiger partial charge in [-0.3, -0.25) is 4.79 Å². The topological polar surface area (TPSA) is 125 Å². The number of thiazole rings is 1. The molecule has 2 N–H and O–H groups in total. The molecule has 3 amide bonds. The van der Waals surface area contributed by atoms with E-state index in [0.717, 1.165) is 21.1 Å². The number of nitrogens with zero attached hydrogens (tertiary/aromatic N) is 4. The lowest BCUT2D eigenvalue weighted by Crippen LogP contribution is -2.55. The molecule has 0 saturated carbocycles. The number of carbonyl (C=O) groups is 2. The number of benzene rings is 2. The van der Waals surface area contributed by atoms with E-state index in [-0.39, 0.29) is 17.8 Å². The molecule has 3 heterocycles. The summed E-state index contributed by atoms with van der Waals surface area (Å²) in [5.41, 5.74) is 3.59. The summed E-state index contributed by atoms with van der Waals surface area (Å²) in [7, 11) is -2.94. The first-order valence-electron chi connectivity index (χ1n) is 12.1. The number of urea groups is 1. The van der Waals surface area contributed by atoms with Crippen molar-refractivity contribution in [1.82, 2.24) is 20.0 Å². The quantitative estimate of drug-likeness (QED) is 0.342. The molecule has 0 spiro atoms. The molecule has 14 heteroatoms. The molecule has 0 aliphatic carbocycles. The van der Waals surface area contributed by atoms with Crippen LogP contribution in [0.3, 0.4) is 0 Å². The minimum atomic E-state index is -4.41. The maximum Gasteiger partial charge on any atom is 0.330 e. The van der Waals surface area contributed by atoms with Crippen LogP contribution < -0.4 is 19.2 Å². The highest BCUT2D eigenvalue weighted by Gasteiger charge is 2.38. The van der Waals surface area contributed by atoms with Gasteiger partial charge in [0.15, 0.2) is 0 Å². The van der Waals surface area contributed by atoms with Gasteiger partial charge >= 0.3 is 16.2 Å². The van der Waals surface area contributed by atoms with E-state index in [4.69, 9.17) is 0 Å². The van der Waals surface area contributed by atoms with Crippen molar-refractivity contribution >= 4 is 55.2 Å². The molecule has 0 fully saturated rings. The van der Waals surface area contributed by atoms with Crippen LogP contribution in [0.15, 0.2) is 60.2 Å². The molecule has 10 nitrogen and oxygen atoms in total. The summed E-state index contributed by atoms with van der Waals surface area (Å²) in [5.74, 6) is -2.15. The predicted octanol–water partition coefficient (Wildman–Crippen LogP) is 3.54. The Morgan fingerprint density at radius 3 is 2.65 bits per heavy atom. The number of fused-ring (bicyclic) bond motifs is 2. The van der Waals surface area contributed by atoms with Crippen molar-refractivity contribution in [1.29, 1.82) is 0 Å². The van der Waals surface area contributed by atoms with Gasteiger partial charge < -0.3 is 10.2 Å². The van der Waals surface area contributed by atoms with Crippen LogP contribution in [0.5, 0.6) is 0 Å². The van der Waals surface area contributed by atoms with E-state index in [1.54, 1.807) is 42.8 Å². The smallest absolute Gasteiger partial charge is 0.325 e. The molecule has 0 unspecified atom stereocenters. The van der Waals surface area contributed by atoms with Gasteiger partial charge in [-0.05, 0) is 60.9 Å². The fourth-order valence-electron chi connectivity index (χ4n) is 4.68. The summed E-state index contributed by atoms with van der Waals surface area (Å²) in [6.45, 7) is 1.68. The Hall–Kier alpha value is -4.17. The summed E-state index contributed by atoms with van der Waals surface area (Å²) in [6, 6.07) is 8.30. The number of aromatic nitrogens is 2. The normalized spacial score (nSPS) is 15.5. The Balaban J connectivity index is 1.39. The maximum absolute atomic E-state index is 13.9. The number of likely N-dealkylation sites (N-methyl/N-ethyl adjacent to an activating group) is 1. The predicted molar refractivity (Wildman–Crippen MR) is 147 cm³/mol. The van der Waals surface area contributed by atoms with Crippen molar-refractivity contribution < 1.29 is 26.8 Å². The van der Waals surface area contributed by atoms with E-state index in [9.17, 15) is 26.8 Å². The van der Waals surface area contributed by atoms with Crippen molar-refractivity contribution in [3.05, 3.63) is 83.0 Å². The molecule has 1 aliphatic heterocycles. The number of halogens is 2. The first kappa shape index (κ1) is 27.4. The number of anilines is 2. The Bertz CT molecular complexity index is 1690. The molecule has 0 bridgehead atoms. The van der Waals surface area contributed by atoms with Gasteiger partial charge in [0.2, 0.25) is 5.91 Å². The van der Waals surface area contributed by atoms with Gasteiger partial charge in [0.05, 0.1) is 15.7 Å². The van der Waals surface area contributed by atoms with Crippen LogP contribution in [0.2, 0.25) is 0 Å². The van der Waals surface area contributed by atoms with E-state index in [2.05, 4.69) is 15.3 Å². The molecule has 208 valence electrons. The largest absolute Gasteiger partial charge is 0.330 e. The zero-order valence-electron chi connectivity index (χ0n) is 21.3. The monoisotopic (exact) mass is 586 g/mol. The van der Waals surface area contributed by atoms with Crippen LogP contribution in [-0.4, -0.2) is 49.5 Å². The molecule has 1 aliphatic rings. The van der Waals surface area contributed by atoms with Gasteiger partial charge in [0, 0.05) is 37.5 Å². The Morgan fingerprint density at radius 2 is 1.90 bits per heavy atom. The number of pyridine rings is 1. The van der Waals surface area contributed by atoms with E-state index in [0.29, 0.717) is 29.3 Å². The van der Waals surface area contributed by atoms with Crippen molar-refractivity contribution in [3.63, 3.8) is 0 Å². The first-order chi connectivity index (χ1) is 19.0. The zero-order chi connectivity index (χ0) is 28.6. The third-order valence-corrected chi connectivity index (χ3v) is 8.77. The zero-order valence-corrected chi connectivity index (χ0v) is 23.0. The van der Waals surface area contributed by atoms with Crippen LogP contribution in [0, 0.1) is 11.6 Å². The van der Waals surface area contributed by atoms with E-state index in [1.165, 1.54) is 29.5 Å². The Labute approximate surface area is 232 Å². The highest BCUT2D eigenvalue weighted by molar-refractivity contribution is 7.91. The number of amides is 3. The highest BCUT2D eigenvalue weighted by atomic mass is 32.2. The van der Waals surface area contributed by atoms with Crippen LogP contribution in [0.4, 0.5) is 25.1 Å². The molecule has 5 rings (SSSR count). The summed E-state index contributed by atoms with van der Waals surface area (Å²) in [6.07, 6.45) is 1.55. The first-order valence-corrected chi connectivity index (χ1v) is 14.5. The second-order valence-corrected chi connectivity index (χ2v) is 11.8. The van der Waals surface area contributed by atoms with E-state index >= 15 is 0 Å². The van der Waals surface area contributed by atoms with Gasteiger partial charge in [-0.1, -0.05) is 6.07 Å². The van der Waals surface area contributed by atoms with E-state index < -0.39 is 45.9 Å². The molecule has 2 aromatic heterocycles. The second-order valence-electron chi connectivity index (χ2n) is 9.35. The molecule has 4 aromatic rings. The molecule has 0 saturated heterocycles. The maximum atomic E-state index is 13.9. The Kier molecular flexibility index (Phi) is 7.38. The average Bonchev–Trinajstić information content (AvgIpc) is 3.49. The molecular weight excluding hydrogens is 562 g/mol. The Morgan fingerprint density at radius 1 is 1.15 bits per heavy atom. The van der Waals surface area contributed by atoms with Crippen LogP contribution in [0.1, 0.15) is 18.1 Å². The number of hydrogen-bond donors (Lipinski definition) is 2. The minimum Gasteiger partial charge on any atom is -0.325 e. The third kappa shape index (κ3) is 5.58. The van der Waals surface area contributed by atoms with Crippen molar-refractivity contribution in [2.75, 3.05) is 16.3 Å². The molecule has 2 aromatic carbocycles. The standard InChI is InChI=1S/C26H24F2N6O4S2/c1-15-8-17-4-3-7-29-24(17)34(15)40(37,38)32-26(36)31-22(11-16-9-18(27)12-19(28)10-16)25(35)33(2)20-5-6-23-21(13-20)30-14-39-23/h3-7,9-10,12-15,22H,8,11H2,1-2H3,(H2,31,32,36)/t15-,22-/m0/s1. The number of rotatable bonds is 7. The van der Waals surface area contributed by atoms with Gasteiger partial charge in [0.25, 0.3) is 0 Å². The lowest BCUT2D eigenvalue weighted by Gasteiger charge is -2.27. The summed E-state index contributed by atoms with van der Waals surface area (Å²) < 4.78 is 58.0. The fraction of sp³-hybridized carbons (Fsp3) is 0.231. The molecule has 40 heavy (non-hydrogen) atoms. The van der Waals surface area contributed by atoms with Crippen LogP contribution >= 0.6 is 11.3 Å². The third-order valence-electron chi connectivity index (χ3n) is 6.47. The van der Waals surface area contributed by atoms with Crippen LogP contribution in [0.25, 0.3) is 10.2 Å². The number of carbonyl (C=O) groups excluding carboxylic acids is 2. The molecular formula is C26H24F2N6O4S2. The summed E-state index contributed by atoms with van der Waals surface area (Å²) >= 11 is 1.43. The summed E-state index contributed by atoms with van der Waals surface area (Å²) in [4.78, 5) is 36.2. The van der Waals surface area contributed by atoms with Gasteiger partial charge in [0.1, 0.15) is 23.5 Å². The minimum absolute atomic E-state index is 0.0913. The number of hydrogen-bond acceptors (Lipinski definition) is 7. The highest BCUT2D eigenvalue weighted by Crippen LogP contribution is 2.31. The van der Waals surface area contributed by atoms with Crippen molar-refractivity contribution in [2.24, 2.45) is 0 Å². The van der Waals surface area contributed by atoms with Crippen molar-refractivity contribution in [2.45, 2.75) is 31.8 Å². The molecule has 0 radical (unpaired) electrons. The fourth-order valence-corrected chi connectivity index (χ4v) is 6.67. The lowest BCUT2D eigenvalue weighted by molar-refractivity contribution is -0.120. The average molecular weight is 587 g/mol. The SMILES string of the molecule is C[C@H]1Cc2cccnc2N1S(=O)(=O)NC(=O)N[C@@H](Cc1cc(F)cc(F)c1)C(=O)N(C)c1ccc2scnc2c1. The van der Waals surface area contributed by atoms with E-state index in [1.807, 2.05) is 4.72 Å². The van der Waals surface area contributed by atoms with Gasteiger partial charge in [-0.15, -0.1) is 11.3 Å². The second kappa shape index (κ2) is 10.8. The summed E-state index contributed by atoms with van der Waals surface area (Å²) in [5, 5.41) is 2.38. The van der Waals surface area contributed by atoms with Gasteiger partial charge in [-0.25, -0.2) is 32.6 Å². The lowest BCUT2D eigenvalue weighted by atomic mass is 10.0. The molecule has 2 atom stereocenters. The van der Waals surface area contributed by atoms with Gasteiger partial charge in [-0.2, -0.15) is 8.42 Å².